The molecule has 0 radical (unpaired) electrons. The second-order valence-electron chi connectivity index (χ2n) is 7.35. The minimum Gasteiger partial charge on any atom is -0.495 e. The summed E-state index contributed by atoms with van der Waals surface area (Å²) in [6.07, 6.45) is 0. The summed E-state index contributed by atoms with van der Waals surface area (Å²) in [5, 5.41) is 4.32. The SMILES string of the molecule is COc1ccc(Cl)cc1NC(=O)CSc1nc2ccccc2c(=O)n1C(C)c1ccccc1. The van der Waals surface area contributed by atoms with Gasteiger partial charge in [0.25, 0.3) is 5.56 Å². The van der Waals surface area contributed by atoms with E-state index in [0.717, 1.165) is 5.56 Å². The number of benzene rings is 3. The summed E-state index contributed by atoms with van der Waals surface area (Å²) in [6.45, 7) is 1.95. The first-order valence-electron chi connectivity index (χ1n) is 10.3. The van der Waals surface area contributed by atoms with Crippen LogP contribution in [0.25, 0.3) is 10.9 Å². The average Bonchev–Trinajstić information content (AvgIpc) is 2.83. The molecule has 1 atom stereocenters. The molecule has 0 bridgehead atoms. The number of hydrogen-bond donors (Lipinski definition) is 1. The molecule has 6 nitrogen and oxygen atoms in total. The molecule has 1 unspecified atom stereocenters. The van der Waals surface area contributed by atoms with Crippen molar-refractivity contribution >= 4 is 45.9 Å². The lowest BCUT2D eigenvalue weighted by Crippen LogP contribution is -2.27. The Kier molecular flexibility index (Phi) is 7.01. The average molecular weight is 480 g/mol. The van der Waals surface area contributed by atoms with Crippen LogP contribution in [0.15, 0.2) is 82.7 Å². The van der Waals surface area contributed by atoms with Crippen LogP contribution >= 0.6 is 23.4 Å². The number of ether oxygens (including phenoxy) is 1. The summed E-state index contributed by atoms with van der Waals surface area (Å²) >= 11 is 7.27. The van der Waals surface area contributed by atoms with E-state index in [1.165, 1.54) is 18.9 Å². The van der Waals surface area contributed by atoms with Crippen LogP contribution in [0, 0.1) is 0 Å². The number of thioether (sulfide) groups is 1. The van der Waals surface area contributed by atoms with Gasteiger partial charge in [-0.2, -0.15) is 0 Å². The van der Waals surface area contributed by atoms with Crippen molar-refractivity contribution in [1.29, 1.82) is 0 Å². The largest absolute Gasteiger partial charge is 0.495 e. The fourth-order valence-electron chi connectivity index (χ4n) is 3.54. The minimum atomic E-state index is -0.262. The fraction of sp³-hybridized carbons (Fsp3) is 0.160. The molecule has 4 aromatic rings. The summed E-state index contributed by atoms with van der Waals surface area (Å²) in [6, 6.07) is 21.7. The van der Waals surface area contributed by atoms with Gasteiger partial charge in [0.05, 0.1) is 35.5 Å². The Morgan fingerprint density at radius 1 is 1.12 bits per heavy atom. The van der Waals surface area contributed by atoms with Crippen LogP contribution in [0.4, 0.5) is 5.69 Å². The first-order valence-corrected chi connectivity index (χ1v) is 11.7. The number of para-hydroxylation sites is 1. The van der Waals surface area contributed by atoms with Gasteiger partial charge in [0.1, 0.15) is 5.75 Å². The zero-order valence-electron chi connectivity index (χ0n) is 18.1. The predicted octanol–water partition coefficient (Wildman–Crippen LogP) is 5.40. The number of nitrogens with one attached hydrogen (secondary N) is 1. The highest BCUT2D eigenvalue weighted by Crippen LogP contribution is 2.29. The summed E-state index contributed by atoms with van der Waals surface area (Å²) in [5.41, 5.74) is 1.92. The van der Waals surface area contributed by atoms with Crippen molar-refractivity contribution in [3.8, 4) is 5.75 Å². The third-order valence-electron chi connectivity index (χ3n) is 5.21. The van der Waals surface area contributed by atoms with E-state index in [0.29, 0.717) is 32.5 Å². The maximum atomic E-state index is 13.4. The summed E-state index contributed by atoms with van der Waals surface area (Å²) in [4.78, 5) is 30.8. The molecule has 0 saturated carbocycles. The Hall–Kier alpha value is -3.29. The third-order valence-corrected chi connectivity index (χ3v) is 6.40. The zero-order valence-corrected chi connectivity index (χ0v) is 19.7. The first-order chi connectivity index (χ1) is 16.0. The molecule has 4 rings (SSSR count). The number of halogens is 1. The molecule has 3 aromatic carbocycles. The molecule has 33 heavy (non-hydrogen) atoms. The van der Waals surface area contributed by atoms with Crippen molar-refractivity contribution in [1.82, 2.24) is 9.55 Å². The molecule has 168 valence electrons. The summed E-state index contributed by atoms with van der Waals surface area (Å²) < 4.78 is 6.94. The maximum absolute atomic E-state index is 13.4. The molecule has 0 aliphatic heterocycles. The zero-order chi connectivity index (χ0) is 23.4. The predicted molar refractivity (Wildman–Crippen MR) is 134 cm³/mol. The Morgan fingerprint density at radius 3 is 2.61 bits per heavy atom. The minimum absolute atomic E-state index is 0.0575. The third kappa shape index (κ3) is 5.05. The monoisotopic (exact) mass is 479 g/mol. The van der Waals surface area contributed by atoms with E-state index in [9.17, 15) is 9.59 Å². The molecule has 1 N–H and O–H groups in total. The number of anilines is 1. The lowest BCUT2D eigenvalue weighted by atomic mass is 10.1. The Labute approximate surface area is 200 Å². The lowest BCUT2D eigenvalue weighted by Gasteiger charge is -2.20. The number of carbonyl (C=O) groups excluding carboxylic acids is 1. The number of amides is 1. The van der Waals surface area contributed by atoms with Gasteiger partial charge < -0.3 is 10.1 Å². The Bertz CT molecular complexity index is 1360. The van der Waals surface area contributed by atoms with Crippen molar-refractivity contribution in [3.63, 3.8) is 0 Å². The van der Waals surface area contributed by atoms with E-state index in [-0.39, 0.29) is 23.3 Å². The number of carbonyl (C=O) groups is 1. The first kappa shape index (κ1) is 22.9. The number of aromatic nitrogens is 2. The molecule has 0 aliphatic carbocycles. The number of rotatable bonds is 7. The number of hydrogen-bond acceptors (Lipinski definition) is 5. The lowest BCUT2D eigenvalue weighted by molar-refractivity contribution is -0.113. The molecule has 0 aliphatic rings. The van der Waals surface area contributed by atoms with E-state index in [1.807, 2.05) is 49.4 Å². The van der Waals surface area contributed by atoms with Crippen LogP contribution < -0.4 is 15.6 Å². The van der Waals surface area contributed by atoms with Crippen molar-refractivity contribution in [2.24, 2.45) is 0 Å². The Morgan fingerprint density at radius 2 is 1.85 bits per heavy atom. The number of fused-ring (bicyclic) bond motifs is 1. The molecule has 0 fully saturated rings. The molecule has 0 saturated heterocycles. The van der Waals surface area contributed by atoms with Gasteiger partial charge in [-0.3, -0.25) is 14.2 Å². The molecule has 8 heteroatoms. The summed E-state index contributed by atoms with van der Waals surface area (Å²) in [7, 11) is 1.52. The molecule has 1 aromatic heterocycles. The molecule has 0 spiro atoms. The van der Waals surface area contributed by atoms with Crippen LogP contribution in [-0.2, 0) is 4.79 Å². The number of nitrogens with zero attached hydrogens (tertiary/aromatic N) is 2. The van der Waals surface area contributed by atoms with Crippen molar-refractivity contribution in [3.05, 3.63) is 93.7 Å². The highest BCUT2D eigenvalue weighted by Gasteiger charge is 2.19. The van der Waals surface area contributed by atoms with Crippen LogP contribution in [0.3, 0.4) is 0 Å². The number of methoxy groups -OCH3 is 1. The van der Waals surface area contributed by atoms with Crippen LogP contribution in [0.1, 0.15) is 18.5 Å². The smallest absolute Gasteiger partial charge is 0.262 e. The van der Waals surface area contributed by atoms with E-state index in [2.05, 4.69) is 5.32 Å². The van der Waals surface area contributed by atoms with Gasteiger partial charge in [-0.05, 0) is 42.8 Å². The molecule has 1 amide bonds. The Balaban J connectivity index is 1.65. The van der Waals surface area contributed by atoms with Crippen molar-refractivity contribution < 1.29 is 9.53 Å². The van der Waals surface area contributed by atoms with Crippen LogP contribution in [-0.4, -0.2) is 28.3 Å². The second-order valence-corrected chi connectivity index (χ2v) is 8.73. The van der Waals surface area contributed by atoms with Gasteiger partial charge >= 0.3 is 0 Å². The second kappa shape index (κ2) is 10.1. The fourth-order valence-corrected chi connectivity index (χ4v) is 4.59. The summed E-state index contributed by atoms with van der Waals surface area (Å²) in [5.74, 6) is 0.306. The highest BCUT2D eigenvalue weighted by molar-refractivity contribution is 7.99. The van der Waals surface area contributed by atoms with Crippen LogP contribution in [0.5, 0.6) is 5.75 Å². The van der Waals surface area contributed by atoms with Crippen molar-refractivity contribution in [2.75, 3.05) is 18.2 Å². The van der Waals surface area contributed by atoms with Gasteiger partial charge in [0, 0.05) is 5.02 Å². The molecular formula is C25H22ClN3O3S. The van der Waals surface area contributed by atoms with Gasteiger partial charge in [-0.15, -0.1) is 0 Å². The van der Waals surface area contributed by atoms with Crippen LogP contribution in [0.2, 0.25) is 5.02 Å². The standard InChI is InChI=1S/C25H22ClN3O3S/c1-16(17-8-4-3-5-9-17)29-24(31)19-10-6-7-11-20(19)28-25(29)33-15-23(30)27-21-14-18(26)12-13-22(21)32-2/h3-14,16H,15H2,1-2H3,(H,27,30). The quantitative estimate of drug-likeness (QED) is 0.284. The van der Waals surface area contributed by atoms with E-state index < -0.39 is 0 Å². The molecule has 1 heterocycles. The van der Waals surface area contributed by atoms with Gasteiger partial charge in [-0.25, -0.2) is 4.98 Å². The van der Waals surface area contributed by atoms with E-state index >= 15 is 0 Å². The molecular weight excluding hydrogens is 458 g/mol. The van der Waals surface area contributed by atoms with Crippen molar-refractivity contribution in [2.45, 2.75) is 18.1 Å². The van der Waals surface area contributed by atoms with E-state index in [1.54, 1.807) is 34.9 Å². The van der Waals surface area contributed by atoms with Gasteiger partial charge in [0.2, 0.25) is 5.91 Å². The maximum Gasteiger partial charge on any atom is 0.262 e. The van der Waals surface area contributed by atoms with Gasteiger partial charge in [0.15, 0.2) is 5.16 Å². The van der Waals surface area contributed by atoms with Gasteiger partial charge in [-0.1, -0.05) is 65.8 Å². The highest BCUT2D eigenvalue weighted by atomic mass is 35.5. The topological polar surface area (TPSA) is 73.2 Å². The van der Waals surface area contributed by atoms with E-state index in [4.69, 9.17) is 21.3 Å². The normalized spacial score (nSPS) is 11.8.